The number of Topliss-reactive ketones (excluding diaryl/α,β-unsaturated/α-hetero) is 1. The van der Waals surface area contributed by atoms with Gasteiger partial charge in [-0.3, -0.25) is 9.59 Å². The zero-order chi connectivity index (χ0) is 14.8. The molecule has 6 atom stereocenters. The molecule has 0 aliphatic heterocycles. The van der Waals surface area contributed by atoms with Crippen molar-refractivity contribution < 1.29 is 9.59 Å². The first-order valence-corrected chi connectivity index (χ1v) is 8.77. The molecule has 0 bridgehead atoms. The Morgan fingerprint density at radius 3 is 2.76 bits per heavy atom. The van der Waals surface area contributed by atoms with E-state index in [0.717, 1.165) is 44.4 Å². The van der Waals surface area contributed by atoms with Crippen LogP contribution in [0.1, 0.15) is 58.8 Å². The van der Waals surface area contributed by atoms with Crippen LogP contribution >= 0.6 is 0 Å². The van der Waals surface area contributed by atoms with Crippen LogP contribution in [0.4, 0.5) is 0 Å². The van der Waals surface area contributed by atoms with Crippen molar-refractivity contribution in [3.8, 4) is 0 Å². The van der Waals surface area contributed by atoms with Gasteiger partial charge in [0.05, 0.1) is 0 Å². The molecule has 0 saturated heterocycles. The van der Waals surface area contributed by atoms with Crippen molar-refractivity contribution in [2.24, 2.45) is 35.0 Å². The van der Waals surface area contributed by atoms with Crippen molar-refractivity contribution in [2.45, 2.75) is 58.8 Å². The van der Waals surface area contributed by atoms with Crippen molar-refractivity contribution in [2.75, 3.05) is 0 Å². The smallest absolute Gasteiger partial charge is 0.155 e. The average Bonchev–Trinajstić information content (AvgIpc) is 2.74. The number of fused-ring (bicyclic) bond motifs is 5. The Morgan fingerprint density at radius 1 is 1.14 bits per heavy atom. The van der Waals surface area contributed by atoms with E-state index in [-0.39, 0.29) is 5.41 Å². The van der Waals surface area contributed by atoms with Crippen LogP contribution in [-0.2, 0) is 9.59 Å². The van der Waals surface area contributed by atoms with E-state index in [9.17, 15) is 9.59 Å². The number of carbonyl (C=O) groups is 2. The Kier molecular flexibility index (Phi) is 2.96. The molecule has 4 aliphatic rings. The molecule has 0 N–H and O–H groups in total. The normalized spacial score (nSPS) is 49.2. The third-order valence-corrected chi connectivity index (χ3v) is 7.35. The topological polar surface area (TPSA) is 34.1 Å². The van der Waals surface area contributed by atoms with Crippen molar-refractivity contribution in [1.29, 1.82) is 0 Å². The van der Waals surface area contributed by atoms with E-state index in [2.05, 4.69) is 13.8 Å². The van der Waals surface area contributed by atoms with E-state index in [0.29, 0.717) is 35.2 Å². The van der Waals surface area contributed by atoms with Crippen LogP contribution in [0.15, 0.2) is 11.6 Å². The monoisotopic (exact) mass is 286 g/mol. The molecule has 114 valence electrons. The minimum absolute atomic E-state index is 0.0267. The highest BCUT2D eigenvalue weighted by Gasteiger charge is 2.57. The van der Waals surface area contributed by atoms with Crippen LogP contribution in [0.3, 0.4) is 0 Å². The fourth-order valence-corrected chi connectivity index (χ4v) is 6.36. The number of rotatable bonds is 0. The summed E-state index contributed by atoms with van der Waals surface area (Å²) in [6, 6.07) is 0. The molecule has 0 amide bonds. The molecule has 3 saturated carbocycles. The first-order valence-electron chi connectivity index (χ1n) is 8.77. The predicted molar refractivity (Wildman–Crippen MR) is 81.6 cm³/mol. The van der Waals surface area contributed by atoms with Gasteiger partial charge in [-0.15, -0.1) is 0 Å². The predicted octanol–water partition coefficient (Wildman–Crippen LogP) is 3.94. The SMILES string of the molecule is C[C@@H]1CC2=CC(=O)CC[C@H]2[C@H]2CC[C@]3(C)C(=O)CC[C@H]3[C@@H]21. The lowest BCUT2D eigenvalue weighted by Gasteiger charge is -2.54. The Labute approximate surface area is 127 Å². The molecule has 0 heterocycles. The number of hydrogen-bond acceptors (Lipinski definition) is 2. The van der Waals surface area contributed by atoms with Crippen molar-refractivity contribution in [3.05, 3.63) is 11.6 Å². The largest absolute Gasteiger partial charge is 0.299 e. The van der Waals surface area contributed by atoms with Gasteiger partial charge in [0.25, 0.3) is 0 Å². The van der Waals surface area contributed by atoms with Crippen LogP contribution in [0, 0.1) is 35.0 Å². The van der Waals surface area contributed by atoms with Gasteiger partial charge in [-0.2, -0.15) is 0 Å². The van der Waals surface area contributed by atoms with Gasteiger partial charge in [0, 0.05) is 18.3 Å². The summed E-state index contributed by atoms with van der Waals surface area (Å²) in [7, 11) is 0. The van der Waals surface area contributed by atoms with E-state index in [1.807, 2.05) is 6.08 Å². The number of ketones is 2. The highest BCUT2D eigenvalue weighted by Crippen LogP contribution is 2.61. The van der Waals surface area contributed by atoms with E-state index in [4.69, 9.17) is 0 Å². The molecule has 21 heavy (non-hydrogen) atoms. The zero-order valence-electron chi connectivity index (χ0n) is 13.2. The summed E-state index contributed by atoms with van der Waals surface area (Å²) in [4.78, 5) is 24.1. The lowest BCUT2D eigenvalue weighted by atomic mass is 9.50. The van der Waals surface area contributed by atoms with Crippen LogP contribution in [0.5, 0.6) is 0 Å². The van der Waals surface area contributed by atoms with Crippen molar-refractivity contribution in [1.82, 2.24) is 0 Å². The summed E-state index contributed by atoms with van der Waals surface area (Å²) in [5.41, 5.74) is 1.41. The molecule has 4 aliphatic carbocycles. The molecule has 0 aromatic rings. The van der Waals surface area contributed by atoms with Gasteiger partial charge in [0.1, 0.15) is 5.78 Å². The maximum atomic E-state index is 12.4. The maximum absolute atomic E-state index is 12.4. The Hall–Kier alpha value is -0.920. The maximum Gasteiger partial charge on any atom is 0.155 e. The first-order chi connectivity index (χ1) is 10.0. The van der Waals surface area contributed by atoms with Gasteiger partial charge in [-0.25, -0.2) is 0 Å². The van der Waals surface area contributed by atoms with E-state index < -0.39 is 0 Å². The number of hydrogen-bond donors (Lipinski definition) is 0. The standard InChI is InChI=1S/C19H26O2/c1-11-9-12-10-13(20)3-4-14(12)15-7-8-19(2)16(18(11)15)5-6-17(19)21/h10-11,14-16,18H,3-9H2,1-2H3/t11-,14-,15-,16+,18-,19+/m1/s1. The molecule has 0 aromatic heterocycles. The molecule has 0 unspecified atom stereocenters. The summed E-state index contributed by atoms with van der Waals surface area (Å²) >= 11 is 0. The van der Waals surface area contributed by atoms with E-state index >= 15 is 0 Å². The average molecular weight is 286 g/mol. The Bertz CT molecular complexity index is 532. The Morgan fingerprint density at radius 2 is 1.95 bits per heavy atom. The van der Waals surface area contributed by atoms with E-state index in [1.54, 1.807) is 0 Å². The number of carbonyl (C=O) groups excluding carboxylic acids is 2. The number of allylic oxidation sites excluding steroid dienone is 1. The van der Waals surface area contributed by atoms with Crippen LogP contribution < -0.4 is 0 Å². The van der Waals surface area contributed by atoms with Gasteiger partial charge < -0.3 is 0 Å². The van der Waals surface area contributed by atoms with Crippen molar-refractivity contribution in [3.63, 3.8) is 0 Å². The second-order valence-electron chi connectivity index (χ2n) is 8.28. The second-order valence-corrected chi connectivity index (χ2v) is 8.28. The third-order valence-electron chi connectivity index (χ3n) is 7.35. The molecule has 4 rings (SSSR count). The molecule has 0 aromatic carbocycles. The zero-order valence-corrected chi connectivity index (χ0v) is 13.2. The quantitative estimate of drug-likeness (QED) is 0.676. The summed E-state index contributed by atoms with van der Waals surface area (Å²) in [5.74, 6) is 4.20. The summed E-state index contributed by atoms with van der Waals surface area (Å²) in [6.07, 6.45) is 9.08. The van der Waals surface area contributed by atoms with Crippen LogP contribution in [0.25, 0.3) is 0 Å². The van der Waals surface area contributed by atoms with Crippen LogP contribution in [0.2, 0.25) is 0 Å². The molecule has 2 nitrogen and oxygen atoms in total. The minimum Gasteiger partial charge on any atom is -0.299 e. The molecule has 2 heteroatoms. The lowest BCUT2D eigenvalue weighted by molar-refractivity contribution is -0.132. The molecule has 3 fully saturated rings. The summed E-state index contributed by atoms with van der Waals surface area (Å²) < 4.78 is 0. The second kappa shape index (κ2) is 4.54. The highest BCUT2D eigenvalue weighted by atomic mass is 16.1. The highest BCUT2D eigenvalue weighted by molar-refractivity contribution is 5.91. The fraction of sp³-hybridized carbons (Fsp3) is 0.789. The van der Waals surface area contributed by atoms with Crippen LogP contribution in [-0.4, -0.2) is 11.6 Å². The molecule has 0 radical (unpaired) electrons. The molecular formula is C19H26O2. The third kappa shape index (κ3) is 1.83. The lowest BCUT2D eigenvalue weighted by Crippen LogP contribution is -2.49. The van der Waals surface area contributed by atoms with Gasteiger partial charge >= 0.3 is 0 Å². The van der Waals surface area contributed by atoms with E-state index in [1.165, 1.54) is 12.0 Å². The fourth-order valence-electron chi connectivity index (χ4n) is 6.36. The van der Waals surface area contributed by atoms with Gasteiger partial charge in [-0.05, 0) is 67.8 Å². The van der Waals surface area contributed by atoms with Crippen molar-refractivity contribution >= 4 is 11.6 Å². The minimum atomic E-state index is -0.0267. The Balaban J connectivity index is 1.70. The van der Waals surface area contributed by atoms with Gasteiger partial charge in [0.2, 0.25) is 0 Å². The molecular weight excluding hydrogens is 260 g/mol. The first kappa shape index (κ1) is 13.7. The summed E-state index contributed by atoms with van der Waals surface area (Å²) in [5, 5.41) is 0. The van der Waals surface area contributed by atoms with Gasteiger partial charge in [-0.1, -0.05) is 19.4 Å². The van der Waals surface area contributed by atoms with Gasteiger partial charge in [0.15, 0.2) is 5.78 Å². The summed E-state index contributed by atoms with van der Waals surface area (Å²) in [6.45, 7) is 4.61. The molecule has 0 spiro atoms.